The maximum atomic E-state index is 12.4. The molecule has 0 saturated heterocycles. The number of aryl methyl sites for hydroxylation is 1. The summed E-state index contributed by atoms with van der Waals surface area (Å²) in [6.07, 6.45) is 0. The van der Waals surface area contributed by atoms with E-state index in [0.29, 0.717) is 28.2 Å². The summed E-state index contributed by atoms with van der Waals surface area (Å²) in [6.45, 7) is 4.62. The summed E-state index contributed by atoms with van der Waals surface area (Å²) >= 11 is 7.46. The van der Waals surface area contributed by atoms with Gasteiger partial charge in [-0.25, -0.2) is 0 Å². The van der Waals surface area contributed by atoms with E-state index in [9.17, 15) is 4.79 Å². The molecule has 3 rings (SSSR count). The van der Waals surface area contributed by atoms with E-state index < -0.39 is 0 Å². The van der Waals surface area contributed by atoms with Crippen LogP contribution in [0.5, 0.6) is 5.75 Å². The van der Waals surface area contributed by atoms with Crippen molar-refractivity contribution in [1.29, 1.82) is 0 Å². The molecule has 0 aliphatic heterocycles. The molecule has 8 heteroatoms. The predicted molar refractivity (Wildman–Crippen MR) is 113 cm³/mol. The summed E-state index contributed by atoms with van der Waals surface area (Å²) in [5.74, 6) is 1.37. The zero-order valence-corrected chi connectivity index (χ0v) is 17.5. The zero-order chi connectivity index (χ0) is 20.1. The molecule has 0 bridgehead atoms. The standard InChI is InChI=1S/C20H21ClN4O2S/c1-4-25-19(14-8-6-5-7-9-14)23-24-20(25)28-12-18(26)22-16-10-13(2)15(21)11-17(16)27-3/h5-11H,4,12H2,1-3H3,(H,22,26). The second-order valence-electron chi connectivity index (χ2n) is 6.05. The summed E-state index contributed by atoms with van der Waals surface area (Å²) in [6, 6.07) is 13.4. The second-order valence-corrected chi connectivity index (χ2v) is 7.40. The number of ether oxygens (including phenoxy) is 1. The first kappa shape index (κ1) is 20.2. The van der Waals surface area contributed by atoms with Crippen molar-refractivity contribution in [3.8, 4) is 17.1 Å². The van der Waals surface area contributed by atoms with Crippen molar-refractivity contribution in [2.45, 2.75) is 25.5 Å². The summed E-state index contributed by atoms with van der Waals surface area (Å²) in [5, 5.41) is 12.7. The number of methoxy groups -OCH3 is 1. The smallest absolute Gasteiger partial charge is 0.234 e. The average Bonchev–Trinajstić information content (AvgIpc) is 3.12. The molecule has 1 N–H and O–H groups in total. The van der Waals surface area contributed by atoms with E-state index in [0.717, 1.165) is 17.0 Å². The predicted octanol–water partition coefficient (Wildman–Crippen LogP) is 4.67. The minimum Gasteiger partial charge on any atom is -0.495 e. The maximum Gasteiger partial charge on any atom is 0.234 e. The number of hydrogen-bond donors (Lipinski definition) is 1. The normalized spacial score (nSPS) is 10.7. The number of rotatable bonds is 7. The van der Waals surface area contributed by atoms with E-state index in [4.69, 9.17) is 16.3 Å². The van der Waals surface area contributed by atoms with E-state index in [-0.39, 0.29) is 11.7 Å². The summed E-state index contributed by atoms with van der Waals surface area (Å²) in [5.41, 5.74) is 2.45. The van der Waals surface area contributed by atoms with Crippen LogP contribution in [-0.2, 0) is 11.3 Å². The molecule has 146 valence electrons. The molecule has 0 radical (unpaired) electrons. The van der Waals surface area contributed by atoms with E-state index in [1.807, 2.05) is 48.7 Å². The lowest BCUT2D eigenvalue weighted by Crippen LogP contribution is -2.15. The molecule has 0 fully saturated rings. The van der Waals surface area contributed by atoms with Crippen LogP contribution in [0, 0.1) is 6.92 Å². The van der Waals surface area contributed by atoms with Crippen molar-refractivity contribution >= 4 is 35.0 Å². The van der Waals surface area contributed by atoms with Gasteiger partial charge in [0.2, 0.25) is 5.91 Å². The van der Waals surface area contributed by atoms with Gasteiger partial charge in [0.05, 0.1) is 18.6 Å². The highest BCUT2D eigenvalue weighted by molar-refractivity contribution is 7.99. The SMILES string of the molecule is CCn1c(SCC(=O)Nc2cc(C)c(Cl)cc2OC)nnc1-c1ccccc1. The number of halogens is 1. The molecule has 0 atom stereocenters. The maximum absolute atomic E-state index is 12.4. The molecule has 0 spiro atoms. The fraction of sp³-hybridized carbons (Fsp3) is 0.250. The van der Waals surface area contributed by atoms with Gasteiger partial charge in [0.15, 0.2) is 11.0 Å². The van der Waals surface area contributed by atoms with Crippen molar-refractivity contribution in [3.63, 3.8) is 0 Å². The monoisotopic (exact) mass is 416 g/mol. The van der Waals surface area contributed by atoms with Crippen LogP contribution < -0.4 is 10.1 Å². The van der Waals surface area contributed by atoms with Crippen LogP contribution in [0.15, 0.2) is 47.6 Å². The Morgan fingerprint density at radius 1 is 1.25 bits per heavy atom. The summed E-state index contributed by atoms with van der Waals surface area (Å²) in [7, 11) is 1.54. The Bertz CT molecular complexity index is 976. The molecule has 0 unspecified atom stereocenters. The minimum absolute atomic E-state index is 0.156. The first-order valence-electron chi connectivity index (χ1n) is 8.78. The topological polar surface area (TPSA) is 69.0 Å². The largest absolute Gasteiger partial charge is 0.495 e. The number of amides is 1. The van der Waals surface area contributed by atoms with Crippen molar-refractivity contribution in [3.05, 3.63) is 53.1 Å². The van der Waals surface area contributed by atoms with Crippen LogP contribution in [-0.4, -0.2) is 33.5 Å². The lowest BCUT2D eigenvalue weighted by molar-refractivity contribution is -0.113. The highest BCUT2D eigenvalue weighted by atomic mass is 35.5. The molecule has 1 aromatic heterocycles. The summed E-state index contributed by atoms with van der Waals surface area (Å²) < 4.78 is 7.30. The van der Waals surface area contributed by atoms with Gasteiger partial charge in [0.1, 0.15) is 5.75 Å². The van der Waals surface area contributed by atoms with Crippen LogP contribution in [0.3, 0.4) is 0 Å². The molecular weight excluding hydrogens is 396 g/mol. The van der Waals surface area contributed by atoms with E-state index in [1.165, 1.54) is 11.8 Å². The van der Waals surface area contributed by atoms with Gasteiger partial charge in [-0.1, -0.05) is 53.7 Å². The van der Waals surface area contributed by atoms with Gasteiger partial charge in [-0.15, -0.1) is 10.2 Å². The van der Waals surface area contributed by atoms with Crippen LogP contribution in [0.2, 0.25) is 5.02 Å². The highest BCUT2D eigenvalue weighted by Gasteiger charge is 2.15. The lowest BCUT2D eigenvalue weighted by atomic mass is 10.2. The number of benzene rings is 2. The van der Waals surface area contributed by atoms with Crippen LogP contribution in [0.4, 0.5) is 5.69 Å². The second kappa shape index (κ2) is 9.12. The molecule has 1 amide bonds. The minimum atomic E-state index is -0.156. The van der Waals surface area contributed by atoms with Gasteiger partial charge in [-0.3, -0.25) is 4.79 Å². The van der Waals surface area contributed by atoms with Crippen LogP contribution in [0.25, 0.3) is 11.4 Å². The third kappa shape index (κ3) is 4.48. The van der Waals surface area contributed by atoms with Gasteiger partial charge >= 0.3 is 0 Å². The Morgan fingerprint density at radius 2 is 2.00 bits per heavy atom. The molecule has 0 aliphatic carbocycles. The fourth-order valence-corrected chi connectivity index (χ4v) is 3.68. The number of hydrogen-bond acceptors (Lipinski definition) is 5. The van der Waals surface area contributed by atoms with Gasteiger partial charge < -0.3 is 14.6 Å². The number of carbonyl (C=O) groups is 1. The molecule has 3 aromatic rings. The van der Waals surface area contributed by atoms with Gasteiger partial charge in [0, 0.05) is 23.2 Å². The quantitative estimate of drug-likeness (QED) is 0.567. The summed E-state index contributed by atoms with van der Waals surface area (Å²) in [4.78, 5) is 12.4. The van der Waals surface area contributed by atoms with Crippen molar-refractivity contribution in [1.82, 2.24) is 14.8 Å². The third-order valence-electron chi connectivity index (χ3n) is 4.15. The third-order valence-corrected chi connectivity index (χ3v) is 5.53. The highest BCUT2D eigenvalue weighted by Crippen LogP contribution is 2.31. The van der Waals surface area contributed by atoms with E-state index >= 15 is 0 Å². The average molecular weight is 417 g/mol. The number of aromatic nitrogens is 3. The van der Waals surface area contributed by atoms with Crippen LogP contribution in [0.1, 0.15) is 12.5 Å². The molecule has 1 heterocycles. The molecule has 0 saturated carbocycles. The number of nitrogens with zero attached hydrogens (tertiary/aromatic N) is 3. The number of thioether (sulfide) groups is 1. The lowest BCUT2D eigenvalue weighted by Gasteiger charge is -2.12. The van der Waals surface area contributed by atoms with Gasteiger partial charge in [-0.2, -0.15) is 0 Å². The number of anilines is 1. The number of nitrogens with one attached hydrogen (secondary N) is 1. The Kier molecular flexibility index (Phi) is 6.59. The Balaban J connectivity index is 1.70. The van der Waals surface area contributed by atoms with Crippen molar-refractivity contribution in [2.75, 3.05) is 18.2 Å². The van der Waals surface area contributed by atoms with Crippen molar-refractivity contribution in [2.24, 2.45) is 0 Å². The molecule has 28 heavy (non-hydrogen) atoms. The first-order valence-corrected chi connectivity index (χ1v) is 10.1. The Hall–Kier alpha value is -2.51. The first-order chi connectivity index (χ1) is 13.5. The number of carbonyl (C=O) groups excluding carboxylic acids is 1. The Morgan fingerprint density at radius 3 is 2.68 bits per heavy atom. The Labute approximate surface area is 173 Å². The van der Waals surface area contributed by atoms with E-state index in [1.54, 1.807) is 19.2 Å². The van der Waals surface area contributed by atoms with Gasteiger partial charge in [-0.05, 0) is 25.5 Å². The van der Waals surface area contributed by atoms with E-state index in [2.05, 4.69) is 15.5 Å². The molecule has 0 aliphatic rings. The van der Waals surface area contributed by atoms with Crippen LogP contribution >= 0.6 is 23.4 Å². The van der Waals surface area contributed by atoms with Crippen molar-refractivity contribution < 1.29 is 9.53 Å². The van der Waals surface area contributed by atoms with Gasteiger partial charge in [0.25, 0.3) is 0 Å². The molecule has 6 nitrogen and oxygen atoms in total. The molecular formula is C20H21ClN4O2S. The fourth-order valence-electron chi connectivity index (χ4n) is 2.73. The zero-order valence-electron chi connectivity index (χ0n) is 15.9. The molecule has 2 aromatic carbocycles.